The molecule has 150 valence electrons. The maximum Gasteiger partial charge on any atom is 0.0252 e. The van der Waals surface area contributed by atoms with Crippen LogP contribution in [0.4, 0.5) is 0 Å². The smallest absolute Gasteiger partial charge is 0.0252 e. The van der Waals surface area contributed by atoms with Gasteiger partial charge in [0.15, 0.2) is 0 Å². The zero-order valence-corrected chi connectivity index (χ0v) is 17.3. The van der Waals surface area contributed by atoms with E-state index < -0.39 is 0 Å². The van der Waals surface area contributed by atoms with E-state index in [4.69, 9.17) is 0 Å². The van der Waals surface area contributed by atoms with Crippen LogP contribution in [0.2, 0.25) is 0 Å². The number of likely N-dealkylation sites (tertiary alicyclic amines) is 2. The summed E-state index contributed by atoms with van der Waals surface area (Å²) in [5.74, 6) is 2.10. The highest BCUT2D eigenvalue weighted by atomic mass is 15.3. The lowest BCUT2D eigenvalue weighted by atomic mass is 9.84. The third-order valence-electron chi connectivity index (χ3n) is 8.37. The number of fused-ring (bicyclic) bond motifs is 1. The third kappa shape index (κ3) is 5.04. The molecule has 0 unspecified atom stereocenters. The van der Waals surface area contributed by atoms with E-state index in [9.17, 15) is 0 Å². The summed E-state index contributed by atoms with van der Waals surface area (Å²) < 4.78 is 0. The summed E-state index contributed by atoms with van der Waals surface area (Å²) in [6, 6.07) is 1.79. The number of hydrogen-bond acceptors (Lipinski definition) is 2. The zero-order chi connectivity index (χ0) is 17.6. The van der Waals surface area contributed by atoms with Gasteiger partial charge < -0.3 is 0 Å². The molecular formula is C24H44N2. The van der Waals surface area contributed by atoms with Gasteiger partial charge in [0, 0.05) is 12.1 Å². The first-order chi connectivity index (χ1) is 12.9. The molecule has 0 N–H and O–H groups in total. The number of piperidine rings is 2. The van der Waals surface area contributed by atoms with Crippen molar-refractivity contribution >= 4 is 0 Å². The molecule has 0 radical (unpaired) electrons. The lowest BCUT2D eigenvalue weighted by molar-refractivity contribution is 0.000304. The third-order valence-corrected chi connectivity index (χ3v) is 8.37. The Morgan fingerprint density at radius 1 is 0.462 bits per heavy atom. The van der Waals surface area contributed by atoms with Gasteiger partial charge >= 0.3 is 0 Å². The summed E-state index contributed by atoms with van der Waals surface area (Å²) in [5.41, 5.74) is 0. The van der Waals surface area contributed by atoms with Gasteiger partial charge in [-0.25, -0.2) is 0 Å². The van der Waals surface area contributed by atoms with E-state index in [2.05, 4.69) is 9.80 Å². The Labute approximate surface area is 163 Å². The highest BCUT2D eigenvalue weighted by Gasteiger charge is 2.37. The van der Waals surface area contributed by atoms with Crippen molar-refractivity contribution in [1.82, 2.24) is 9.80 Å². The lowest BCUT2D eigenvalue weighted by Crippen LogP contribution is -2.58. The fraction of sp³-hybridized carbons (Fsp3) is 1.00. The summed E-state index contributed by atoms with van der Waals surface area (Å²) in [6.45, 7) is 5.60. The first-order valence-electron chi connectivity index (χ1n) is 12.4. The van der Waals surface area contributed by atoms with E-state index in [1.807, 2.05) is 0 Å². The Morgan fingerprint density at radius 3 is 1.31 bits per heavy atom. The second-order valence-electron chi connectivity index (χ2n) is 10.1. The molecule has 0 aromatic heterocycles. The maximum absolute atomic E-state index is 2.94. The van der Waals surface area contributed by atoms with Crippen molar-refractivity contribution in [3.63, 3.8) is 0 Å². The first-order valence-corrected chi connectivity index (χ1v) is 12.4. The van der Waals surface area contributed by atoms with Crippen LogP contribution in [0.25, 0.3) is 0 Å². The number of nitrogens with zero attached hydrogens (tertiary/aromatic N) is 2. The summed E-state index contributed by atoms with van der Waals surface area (Å²) in [4.78, 5) is 5.88. The van der Waals surface area contributed by atoms with Gasteiger partial charge in [0.25, 0.3) is 0 Å². The van der Waals surface area contributed by atoms with Crippen LogP contribution in [0.1, 0.15) is 103 Å². The van der Waals surface area contributed by atoms with Gasteiger partial charge in [0.1, 0.15) is 0 Å². The minimum Gasteiger partial charge on any atom is -0.299 e. The molecular weight excluding hydrogens is 316 g/mol. The van der Waals surface area contributed by atoms with Crippen molar-refractivity contribution in [2.24, 2.45) is 11.8 Å². The Morgan fingerprint density at radius 2 is 0.885 bits per heavy atom. The molecule has 4 fully saturated rings. The Bertz CT molecular complexity index is 359. The quantitative estimate of drug-likeness (QED) is 0.585. The van der Waals surface area contributed by atoms with Gasteiger partial charge in [-0.05, 0) is 76.5 Å². The molecule has 4 aliphatic rings. The average molecular weight is 361 g/mol. The van der Waals surface area contributed by atoms with Crippen LogP contribution in [0, 0.1) is 11.8 Å². The monoisotopic (exact) mass is 360 g/mol. The van der Waals surface area contributed by atoms with Crippen LogP contribution < -0.4 is 0 Å². The molecule has 2 nitrogen and oxygen atoms in total. The molecule has 0 bridgehead atoms. The van der Waals surface area contributed by atoms with Gasteiger partial charge in [-0.3, -0.25) is 9.80 Å². The van der Waals surface area contributed by atoms with Crippen molar-refractivity contribution in [2.75, 3.05) is 26.2 Å². The number of hydrogen-bond donors (Lipinski definition) is 0. The molecule has 0 amide bonds. The van der Waals surface area contributed by atoms with Crippen LogP contribution in [0.15, 0.2) is 0 Å². The Balaban J connectivity index is 1.26. The van der Waals surface area contributed by atoms with Crippen molar-refractivity contribution in [3.05, 3.63) is 0 Å². The van der Waals surface area contributed by atoms with Gasteiger partial charge in [-0.15, -0.1) is 0 Å². The summed E-state index contributed by atoms with van der Waals surface area (Å²) in [5, 5.41) is 0. The molecule has 2 saturated heterocycles. The molecule has 0 spiro atoms. The second-order valence-corrected chi connectivity index (χ2v) is 10.1. The molecule has 2 heteroatoms. The van der Waals surface area contributed by atoms with Crippen molar-refractivity contribution < 1.29 is 0 Å². The molecule has 2 atom stereocenters. The van der Waals surface area contributed by atoms with Crippen molar-refractivity contribution in [2.45, 2.75) is 115 Å². The Hall–Kier alpha value is -0.0800. The lowest BCUT2D eigenvalue weighted by Gasteiger charge is -2.50. The molecule has 2 heterocycles. The van der Waals surface area contributed by atoms with Gasteiger partial charge in [0.05, 0.1) is 0 Å². The summed E-state index contributed by atoms with van der Waals surface area (Å²) in [6.07, 6.45) is 24.0. The second kappa shape index (κ2) is 9.92. The summed E-state index contributed by atoms with van der Waals surface area (Å²) in [7, 11) is 0. The van der Waals surface area contributed by atoms with Crippen LogP contribution in [0.3, 0.4) is 0 Å². The molecule has 2 aliphatic heterocycles. The maximum atomic E-state index is 2.94. The first kappa shape index (κ1) is 19.2. The van der Waals surface area contributed by atoms with E-state index >= 15 is 0 Å². The Kier molecular flexibility index (Phi) is 7.34. The topological polar surface area (TPSA) is 6.48 Å². The van der Waals surface area contributed by atoms with E-state index in [-0.39, 0.29) is 0 Å². The van der Waals surface area contributed by atoms with Gasteiger partial charge in [-0.1, -0.05) is 64.2 Å². The fourth-order valence-corrected chi connectivity index (χ4v) is 6.78. The molecule has 2 saturated carbocycles. The predicted octanol–water partition coefficient (Wildman–Crippen LogP) is 5.86. The van der Waals surface area contributed by atoms with E-state index in [1.165, 1.54) is 129 Å². The van der Waals surface area contributed by atoms with E-state index in [0.29, 0.717) is 0 Å². The molecule has 4 rings (SSSR count). The highest BCUT2D eigenvalue weighted by molar-refractivity contribution is 4.94. The zero-order valence-electron chi connectivity index (χ0n) is 17.3. The molecule has 0 aromatic carbocycles. The fourth-order valence-electron chi connectivity index (χ4n) is 6.78. The summed E-state index contributed by atoms with van der Waals surface area (Å²) >= 11 is 0. The normalized spacial score (nSPS) is 33.2. The van der Waals surface area contributed by atoms with Crippen LogP contribution >= 0.6 is 0 Å². The minimum atomic E-state index is 0.896. The SMILES string of the molecule is C1CCC(CCN2CCC[C@@H]3[C@H]2CCCN3CCC2CCCCC2)CC1. The van der Waals surface area contributed by atoms with Crippen molar-refractivity contribution in [3.8, 4) is 0 Å². The molecule has 2 aliphatic carbocycles. The van der Waals surface area contributed by atoms with E-state index in [0.717, 1.165) is 23.9 Å². The minimum absolute atomic E-state index is 0.896. The van der Waals surface area contributed by atoms with E-state index in [1.54, 1.807) is 0 Å². The van der Waals surface area contributed by atoms with Crippen LogP contribution in [-0.2, 0) is 0 Å². The van der Waals surface area contributed by atoms with Gasteiger partial charge in [-0.2, -0.15) is 0 Å². The predicted molar refractivity (Wildman–Crippen MR) is 112 cm³/mol. The van der Waals surface area contributed by atoms with Crippen molar-refractivity contribution in [1.29, 1.82) is 0 Å². The van der Waals surface area contributed by atoms with Gasteiger partial charge in [0.2, 0.25) is 0 Å². The standard InChI is InChI=1S/C24H44N2/c1-3-9-21(10-4-1)15-19-25-17-7-14-24-23(25)13-8-18-26(24)20-16-22-11-5-2-6-12-22/h21-24H,1-20H2/t23-,24-/m1/s1. The number of rotatable bonds is 6. The van der Waals surface area contributed by atoms with Crippen LogP contribution in [-0.4, -0.2) is 48.1 Å². The highest BCUT2D eigenvalue weighted by Crippen LogP contribution is 2.33. The average Bonchev–Trinajstić information content (AvgIpc) is 2.72. The molecule has 26 heavy (non-hydrogen) atoms. The molecule has 0 aromatic rings. The largest absolute Gasteiger partial charge is 0.299 e. The van der Waals surface area contributed by atoms with Crippen LogP contribution in [0.5, 0.6) is 0 Å².